The van der Waals surface area contributed by atoms with Crippen LogP contribution < -0.4 is 10.1 Å². The second-order valence-corrected chi connectivity index (χ2v) is 10.1. The number of carbonyl (C=O) groups excluding carboxylic acids is 2. The van der Waals surface area contributed by atoms with E-state index in [0.717, 1.165) is 25.7 Å². The molecule has 0 aromatic heterocycles. The van der Waals surface area contributed by atoms with Crippen LogP contribution in [-0.4, -0.2) is 68.8 Å². The molecule has 2 unspecified atom stereocenters. The van der Waals surface area contributed by atoms with Crippen molar-refractivity contribution < 1.29 is 22.7 Å². The van der Waals surface area contributed by atoms with Crippen LogP contribution in [0.5, 0.6) is 5.75 Å². The zero-order valence-electron chi connectivity index (χ0n) is 19.9. The van der Waals surface area contributed by atoms with Crippen LogP contribution in [0.1, 0.15) is 63.7 Å². The number of hydrogen-bond donors (Lipinski definition) is 1. The monoisotopic (exact) mass is 467 g/mol. The fourth-order valence-corrected chi connectivity index (χ4v) is 5.66. The lowest BCUT2D eigenvalue weighted by Crippen LogP contribution is -2.49. The minimum Gasteiger partial charge on any atom is -0.495 e. The molecule has 0 spiro atoms. The highest BCUT2D eigenvalue weighted by Crippen LogP contribution is 2.30. The van der Waals surface area contributed by atoms with Gasteiger partial charge in [0.15, 0.2) is 0 Å². The van der Waals surface area contributed by atoms with E-state index in [1.54, 1.807) is 24.8 Å². The van der Waals surface area contributed by atoms with Crippen LogP contribution in [0.2, 0.25) is 0 Å². The largest absolute Gasteiger partial charge is 0.495 e. The molecule has 1 heterocycles. The molecule has 1 N–H and O–H groups in total. The van der Waals surface area contributed by atoms with E-state index < -0.39 is 10.0 Å². The van der Waals surface area contributed by atoms with E-state index in [-0.39, 0.29) is 40.0 Å². The fourth-order valence-electron chi connectivity index (χ4n) is 4.02. The van der Waals surface area contributed by atoms with Crippen LogP contribution >= 0.6 is 0 Å². The lowest BCUT2D eigenvalue weighted by Gasteiger charge is -2.37. The van der Waals surface area contributed by atoms with Crippen LogP contribution in [0.15, 0.2) is 23.1 Å². The van der Waals surface area contributed by atoms with Gasteiger partial charge in [0.1, 0.15) is 10.6 Å². The molecular weight excluding hydrogens is 430 g/mol. The zero-order chi connectivity index (χ0) is 23.9. The van der Waals surface area contributed by atoms with Crippen molar-refractivity contribution in [2.24, 2.45) is 5.92 Å². The standard InChI is InChI=1S/C23H37N3O5S/c1-6-9-14-24-22(27)19-11-10-17(4)26(16-19)23(28)18-12-13-20(31-5)21(15-18)32(29,30)25(7-2)8-3/h12-13,15,17,19H,6-11,14,16H2,1-5H3,(H,24,27). The molecule has 0 saturated carbocycles. The predicted octanol–water partition coefficient (Wildman–Crippen LogP) is 2.88. The Labute approximate surface area is 192 Å². The third-order valence-electron chi connectivity index (χ3n) is 6.08. The van der Waals surface area contributed by atoms with E-state index in [9.17, 15) is 18.0 Å². The Morgan fingerprint density at radius 1 is 1.19 bits per heavy atom. The van der Waals surface area contributed by atoms with Crippen LogP contribution in [0.4, 0.5) is 0 Å². The number of ether oxygens (including phenoxy) is 1. The van der Waals surface area contributed by atoms with Gasteiger partial charge >= 0.3 is 0 Å². The van der Waals surface area contributed by atoms with Crippen LogP contribution in [0.25, 0.3) is 0 Å². The first-order valence-corrected chi connectivity index (χ1v) is 12.9. The molecule has 0 bridgehead atoms. The Morgan fingerprint density at radius 2 is 1.88 bits per heavy atom. The molecule has 9 heteroatoms. The van der Waals surface area contributed by atoms with Crippen LogP contribution in [-0.2, 0) is 14.8 Å². The molecule has 1 aromatic rings. The summed E-state index contributed by atoms with van der Waals surface area (Å²) in [4.78, 5) is 27.6. The van der Waals surface area contributed by atoms with Gasteiger partial charge in [-0.2, -0.15) is 4.31 Å². The lowest BCUT2D eigenvalue weighted by molar-refractivity contribution is -0.126. The molecular formula is C23H37N3O5S. The molecule has 32 heavy (non-hydrogen) atoms. The normalized spacial score (nSPS) is 19.1. The number of methoxy groups -OCH3 is 1. The lowest BCUT2D eigenvalue weighted by atomic mass is 9.92. The number of sulfonamides is 1. The average molecular weight is 468 g/mol. The maximum Gasteiger partial charge on any atom is 0.254 e. The van der Waals surface area contributed by atoms with E-state index in [4.69, 9.17) is 4.74 Å². The van der Waals surface area contributed by atoms with Crippen molar-refractivity contribution in [1.82, 2.24) is 14.5 Å². The van der Waals surface area contributed by atoms with Crippen molar-refractivity contribution in [2.75, 3.05) is 33.3 Å². The van der Waals surface area contributed by atoms with Gasteiger partial charge in [0.25, 0.3) is 5.91 Å². The van der Waals surface area contributed by atoms with Gasteiger partial charge in [-0.25, -0.2) is 8.42 Å². The van der Waals surface area contributed by atoms with Crippen molar-refractivity contribution in [1.29, 1.82) is 0 Å². The molecule has 1 aliphatic heterocycles. The topological polar surface area (TPSA) is 96.0 Å². The summed E-state index contributed by atoms with van der Waals surface area (Å²) in [5.74, 6) is -0.359. The summed E-state index contributed by atoms with van der Waals surface area (Å²) in [5.41, 5.74) is 0.274. The smallest absolute Gasteiger partial charge is 0.254 e. The first kappa shape index (κ1) is 26.1. The number of nitrogens with one attached hydrogen (secondary N) is 1. The van der Waals surface area contributed by atoms with Crippen LogP contribution in [0.3, 0.4) is 0 Å². The van der Waals surface area contributed by atoms with Gasteiger partial charge in [0.2, 0.25) is 15.9 Å². The molecule has 2 rings (SSSR count). The highest BCUT2D eigenvalue weighted by atomic mass is 32.2. The molecule has 1 aliphatic rings. The van der Waals surface area contributed by atoms with E-state index in [0.29, 0.717) is 26.2 Å². The average Bonchev–Trinajstić information content (AvgIpc) is 2.79. The summed E-state index contributed by atoms with van der Waals surface area (Å²) < 4.78 is 32.9. The van der Waals surface area contributed by atoms with E-state index in [1.165, 1.54) is 23.5 Å². The minimum absolute atomic E-state index is 0.0203. The third kappa shape index (κ3) is 5.81. The quantitative estimate of drug-likeness (QED) is 0.534. The first-order valence-electron chi connectivity index (χ1n) is 11.5. The number of nitrogens with zero attached hydrogens (tertiary/aromatic N) is 2. The number of amides is 2. The summed E-state index contributed by atoms with van der Waals surface area (Å²) >= 11 is 0. The maximum atomic E-state index is 13.4. The number of likely N-dealkylation sites (tertiary alicyclic amines) is 1. The summed E-state index contributed by atoms with van der Waals surface area (Å²) in [6.07, 6.45) is 3.38. The summed E-state index contributed by atoms with van der Waals surface area (Å²) in [5, 5.41) is 2.96. The number of hydrogen-bond acceptors (Lipinski definition) is 5. The van der Waals surface area contributed by atoms with Gasteiger partial charge in [-0.1, -0.05) is 27.2 Å². The Bertz CT molecular complexity index is 899. The molecule has 180 valence electrons. The van der Waals surface area contributed by atoms with Gasteiger partial charge in [0, 0.05) is 37.8 Å². The molecule has 0 radical (unpaired) electrons. The molecule has 0 aliphatic carbocycles. The van der Waals surface area contributed by atoms with E-state index >= 15 is 0 Å². The maximum absolute atomic E-state index is 13.4. The van der Waals surface area contributed by atoms with Crippen LogP contribution in [0, 0.1) is 5.92 Å². The Kier molecular flexibility index (Phi) is 9.51. The van der Waals surface area contributed by atoms with Crippen molar-refractivity contribution >= 4 is 21.8 Å². The molecule has 2 amide bonds. The van der Waals surface area contributed by atoms with Gasteiger partial charge in [-0.05, 0) is 44.4 Å². The van der Waals surface area contributed by atoms with Gasteiger partial charge in [-0.3, -0.25) is 9.59 Å². The first-order chi connectivity index (χ1) is 15.2. The van der Waals surface area contributed by atoms with Crippen molar-refractivity contribution in [2.45, 2.75) is 64.3 Å². The molecule has 1 saturated heterocycles. The van der Waals surface area contributed by atoms with Crippen molar-refractivity contribution in [3.8, 4) is 5.75 Å². The van der Waals surface area contributed by atoms with Gasteiger partial charge in [-0.15, -0.1) is 0 Å². The van der Waals surface area contributed by atoms with Gasteiger partial charge < -0.3 is 15.0 Å². The summed E-state index contributed by atoms with van der Waals surface area (Å²) in [6.45, 7) is 9.16. The van der Waals surface area contributed by atoms with Crippen molar-refractivity contribution in [3.05, 3.63) is 23.8 Å². The Balaban J connectivity index is 2.30. The number of carbonyl (C=O) groups is 2. The molecule has 1 aromatic carbocycles. The van der Waals surface area contributed by atoms with E-state index in [1.807, 2.05) is 6.92 Å². The fraction of sp³-hybridized carbons (Fsp3) is 0.652. The SMILES string of the molecule is CCCCNC(=O)C1CCC(C)N(C(=O)c2ccc(OC)c(S(=O)(=O)N(CC)CC)c2)C1. The minimum atomic E-state index is -3.81. The Morgan fingerprint density at radius 3 is 2.47 bits per heavy atom. The molecule has 2 atom stereocenters. The third-order valence-corrected chi connectivity index (χ3v) is 8.15. The molecule has 8 nitrogen and oxygen atoms in total. The zero-order valence-corrected chi connectivity index (χ0v) is 20.7. The number of benzene rings is 1. The predicted molar refractivity (Wildman–Crippen MR) is 124 cm³/mol. The number of piperidine rings is 1. The second kappa shape index (κ2) is 11.7. The van der Waals surface area contributed by atoms with Crippen molar-refractivity contribution in [3.63, 3.8) is 0 Å². The van der Waals surface area contributed by atoms with E-state index in [2.05, 4.69) is 12.2 Å². The molecule has 1 fully saturated rings. The van der Waals surface area contributed by atoms with Gasteiger partial charge in [0.05, 0.1) is 13.0 Å². The Hall–Kier alpha value is -2.13. The highest BCUT2D eigenvalue weighted by molar-refractivity contribution is 7.89. The number of rotatable bonds is 10. The second-order valence-electron chi connectivity index (χ2n) is 8.18. The highest BCUT2D eigenvalue weighted by Gasteiger charge is 2.34. The summed E-state index contributed by atoms with van der Waals surface area (Å²) in [6, 6.07) is 4.46. The summed E-state index contributed by atoms with van der Waals surface area (Å²) in [7, 11) is -2.40. The number of unbranched alkanes of at least 4 members (excludes halogenated alkanes) is 1.